The molecule has 2 atom stereocenters. The van der Waals surface area contributed by atoms with Crippen molar-refractivity contribution in [2.45, 2.75) is 45.1 Å². The quantitative estimate of drug-likeness (QED) is 0.868. The first-order chi connectivity index (χ1) is 9.26. The van der Waals surface area contributed by atoms with Crippen molar-refractivity contribution in [1.29, 1.82) is 0 Å². The molecule has 0 aliphatic carbocycles. The molecule has 1 aromatic carbocycles. The van der Waals surface area contributed by atoms with Gasteiger partial charge in [0.2, 0.25) is 0 Å². The second-order valence-electron chi connectivity index (χ2n) is 5.69. The summed E-state index contributed by atoms with van der Waals surface area (Å²) in [6.07, 6.45) is 3.53. The molecule has 2 heteroatoms. The highest BCUT2D eigenvalue weighted by Crippen LogP contribution is 2.30. The van der Waals surface area contributed by atoms with Gasteiger partial charge in [-0.1, -0.05) is 38.1 Å². The van der Waals surface area contributed by atoms with Gasteiger partial charge in [-0.25, -0.2) is 0 Å². The van der Waals surface area contributed by atoms with Gasteiger partial charge in [0.15, 0.2) is 0 Å². The molecule has 2 nitrogen and oxygen atoms in total. The topological polar surface area (TPSA) is 21.3 Å². The molecule has 2 unspecified atom stereocenters. The minimum Gasteiger partial charge on any atom is -0.381 e. The molecule has 1 N–H and O–H groups in total. The van der Waals surface area contributed by atoms with E-state index in [1.54, 1.807) is 0 Å². The monoisotopic (exact) mass is 261 g/mol. The summed E-state index contributed by atoms with van der Waals surface area (Å²) in [4.78, 5) is 0. The number of benzene rings is 1. The number of nitrogens with one attached hydrogen (secondary N) is 1. The minimum atomic E-state index is 0.467. The van der Waals surface area contributed by atoms with E-state index in [0.717, 1.165) is 13.2 Å². The SMILES string of the molecule is CCC(C)c1ccc(C(NC)C2CCOCC2)cc1. The fourth-order valence-electron chi connectivity index (χ4n) is 2.99. The van der Waals surface area contributed by atoms with Gasteiger partial charge >= 0.3 is 0 Å². The van der Waals surface area contributed by atoms with Crippen LogP contribution in [0.2, 0.25) is 0 Å². The summed E-state index contributed by atoms with van der Waals surface area (Å²) in [5.74, 6) is 1.36. The van der Waals surface area contributed by atoms with Crippen molar-refractivity contribution in [1.82, 2.24) is 5.32 Å². The van der Waals surface area contributed by atoms with Crippen molar-refractivity contribution in [2.75, 3.05) is 20.3 Å². The van der Waals surface area contributed by atoms with Crippen LogP contribution in [-0.2, 0) is 4.74 Å². The minimum absolute atomic E-state index is 0.467. The number of hydrogen-bond donors (Lipinski definition) is 1. The highest BCUT2D eigenvalue weighted by molar-refractivity contribution is 5.27. The van der Waals surface area contributed by atoms with Crippen molar-refractivity contribution in [2.24, 2.45) is 5.92 Å². The summed E-state index contributed by atoms with van der Waals surface area (Å²) in [6.45, 7) is 6.36. The Kier molecular flexibility index (Phi) is 5.41. The standard InChI is InChI=1S/C17H27NO/c1-4-13(2)14-5-7-15(8-6-14)17(18-3)16-9-11-19-12-10-16/h5-8,13,16-18H,4,9-12H2,1-3H3. The normalized spacial score (nSPS) is 20.2. The first-order valence-corrected chi connectivity index (χ1v) is 7.61. The zero-order valence-corrected chi connectivity index (χ0v) is 12.5. The molecule has 1 aromatic rings. The molecule has 0 saturated carbocycles. The van der Waals surface area contributed by atoms with Gasteiger partial charge in [0.05, 0.1) is 0 Å². The van der Waals surface area contributed by atoms with E-state index in [1.165, 1.54) is 30.4 Å². The van der Waals surface area contributed by atoms with Crippen molar-refractivity contribution >= 4 is 0 Å². The van der Waals surface area contributed by atoms with E-state index < -0.39 is 0 Å². The Morgan fingerprint density at radius 2 is 1.74 bits per heavy atom. The molecule has 106 valence electrons. The molecule has 0 bridgehead atoms. The molecular weight excluding hydrogens is 234 g/mol. The number of rotatable bonds is 5. The smallest absolute Gasteiger partial charge is 0.0469 e. The maximum absolute atomic E-state index is 5.47. The Balaban J connectivity index is 2.09. The van der Waals surface area contributed by atoms with Crippen LogP contribution in [0.5, 0.6) is 0 Å². The largest absolute Gasteiger partial charge is 0.381 e. The van der Waals surface area contributed by atoms with Crippen molar-refractivity contribution in [3.05, 3.63) is 35.4 Å². The maximum Gasteiger partial charge on any atom is 0.0469 e. The third-order valence-corrected chi connectivity index (χ3v) is 4.53. The molecule has 1 heterocycles. The number of hydrogen-bond acceptors (Lipinski definition) is 2. The average molecular weight is 261 g/mol. The van der Waals surface area contributed by atoms with Gasteiger partial charge in [0.25, 0.3) is 0 Å². The van der Waals surface area contributed by atoms with E-state index in [-0.39, 0.29) is 0 Å². The predicted molar refractivity (Wildman–Crippen MR) is 80.5 cm³/mol. The Hall–Kier alpha value is -0.860. The highest BCUT2D eigenvalue weighted by atomic mass is 16.5. The summed E-state index contributed by atoms with van der Waals surface area (Å²) >= 11 is 0. The van der Waals surface area contributed by atoms with Crippen LogP contribution < -0.4 is 5.32 Å². The van der Waals surface area contributed by atoms with Crippen LogP contribution in [0.25, 0.3) is 0 Å². The lowest BCUT2D eigenvalue weighted by Gasteiger charge is -2.30. The van der Waals surface area contributed by atoms with Crippen LogP contribution in [0, 0.1) is 5.92 Å². The first-order valence-electron chi connectivity index (χ1n) is 7.61. The predicted octanol–water partition coefficient (Wildman–Crippen LogP) is 3.89. The fourth-order valence-corrected chi connectivity index (χ4v) is 2.99. The van der Waals surface area contributed by atoms with Gasteiger partial charge in [-0.3, -0.25) is 0 Å². The molecule has 0 amide bonds. The van der Waals surface area contributed by atoms with E-state index in [0.29, 0.717) is 17.9 Å². The van der Waals surface area contributed by atoms with Gasteiger partial charge in [-0.2, -0.15) is 0 Å². The summed E-state index contributed by atoms with van der Waals surface area (Å²) in [6, 6.07) is 9.67. The first kappa shape index (κ1) is 14.5. The lowest BCUT2D eigenvalue weighted by Crippen LogP contribution is -2.29. The van der Waals surface area contributed by atoms with Crippen LogP contribution in [0.3, 0.4) is 0 Å². The Labute approximate surface area is 117 Å². The van der Waals surface area contributed by atoms with Crippen LogP contribution in [0.15, 0.2) is 24.3 Å². The zero-order valence-electron chi connectivity index (χ0n) is 12.5. The lowest BCUT2D eigenvalue weighted by molar-refractivity contribution is 0.0546. The van der Waals surface area contributed by atoms with Crippen LogP contribution >= 0.6 is 0 Å². The molecule has 0 spiro atoms. The van der Waals surface area contributed by atoms with Gasteiger partial charge in [0, 0.05) is 19.3 Å². The van der Waals surface area contributed by atoms with E-state index in [1.807, 2.05) is 0 Å². The molecule has 0 radical (unpaired) electrons. The summed E-state index contributed by atoms with van der Waals surface area (Å²) in [5.41, 5.74) is 2.87. The molecule has 19 heavy (non-hydrogen) atoms. The van der Waals surface area contributed by atoms with Crippen molar-refractivity contribution in [3.63, 3.8) is 0 Å². The molecule has 2 rings (SSSR count). The Morgan fingerprint density at radius 1 is 1.16 bits per heavy atom. The molecule has 1 saturated heterocycles. The van der Waals surface area contributed by atoms with Gasteiger partial charge in [-0.05, 0) is 49.3 Å². The van der Waals surface area contributed by atoms with Crippen LogP contribution in [-0.4, -0.2) is 20.3 Å². The zero-order chi connectivity index (χ0) is 13.7. The number of ether oxygens (including phenoxy) is 1. The van der Waals surface area contributed by atoms with E-state index >= 15 is 0 Å². The van der Waals surface area contributed by atoms with E-state index in [9.17, 15) is 0 Å². The Morgan fingerprint density at radius 3 is 2.26 bits per heavy atom. The van der Waals surface area contributed by atoms with Gasteiger partial charge in [-0.15, -0.1) is 0 Å². The molecule has 1 aliphatic rings. The average Bonchev–Trinajstić information content (AvgIpc) is 2.49. The Bertz CT molecular complexity index is 367. The van der Waals surface area contributed by atoms with E-state index in [4.69, 9.17) is 4.74 Å². The maximum atomic E-state index is 5.47. The van der Waals surface area contributed by atoms with Crippen molar-refractivity contribution in [3.8, 4) is 0 Å². The fraction of sp³-hybridized carbons (Fsp3) is 0.647. The second-order valence-corrected chi connectivity index (χ2v) is 5.69. The van der Waals surface area contributed by atoms with Crippen molar-refractivity contribution < 1.29 is 4.74 Å². The molecule has 0 aromatic heterocycles. The summed E-state index contributed by atoms with van der Waals surface area (Å²) < 4.78 is 5.47. The van der Waals surface area contributed by atoms with Crippen LogP contribution in [0.4, 0.5) is 0 Å². The van der Waals surface area contributed by atoms with Crippen LogP contribution in [0.1, 0.15) is 56.2 Å². The molecule has 1 fully saturated rings. The summed E-state index contributed by atoms with van der Waals surface area (Å²) in [7, 11) is 2.07. The van der Waals surface area contributed by atoms with Gasteiger partial charge in [0.1, 0.15) is 0 Å². The summed E-state index contributed by atoms with van der Waals surface area (Å²) in [5, 5.41) is 3.50. The third-order valence-electron chi connectivity index (χ3n) is 4.53. The third kappa shape index (κ3) is 3.58. The highest BCUT2D eigenvalue weighted by Gasteiger charge is 2.24. The van der Waals surface area contributed by atoms with Gasteiger partial charge < -0.3 is 10.1 Å². The second kappa shape index (κ2) is 7.06. The molecular formula is C17H27NO. The molecule has 1 aliphatic heterocycles. The van der Waals surface area contributed by atoms with E-state index in [2.05, 4.69) is 50.5 Å². The lowest BCUT2D eigenvalue weighted by atomic mass is 9.86.